The molecule has 2 nitrogen and oxygen atoms in total. The summed E-state index contributed by atoms with van der Waals surface area (Å²) in [7, 11) is 0. The van der Waals surface area contributed by atoms with Crippen molar-refractivity contribution in [1.29, 1.82) is 0 Å². The molecule has 1 heterocycles. The fraction of sp³-hybridized carbons (Fsp3) is 0.308. The van der Waals surface area contributed by atoms with Crippen molar-refractivity contribution in [3.8, 4) is 0 Å². The molecule has 2 atom stereocenters. The zero-order valence-electron chi connectivity index (χ0n) is 9.89. The first kappa shape index (κ1) is 15.8. The smallest absolute Gasteiger partial charge is 0.202 e. The predicted molar refractivity (Wildman–Crippen MR) is 63.3 cm³/mol. The molecule has 1 aliphatic heterocycles. The van der Waals surface area contributed by atoms with Gasteiger partial charge in [0.05, 0.1) is 0 Å². The molecule has 0 unspecified atom stereocenters. The molecular formula is C13H17NOY-2. The first-order valence-electron chi connectivity index (χ1n) is 5.13. The molecule has 2 rings (SSSR count). The van der Waals surface area contributed by atoms with Crippen molar-refractivity contribution >= 4 is 11.6 Å². The molecule has 0 bridgehead atoms. The average molecular weight is 292 g/mol. The van der Waals surface area contributed by atoms with Gasteiger partial charge < -0.3 is 18.7 Å². The maximum Gasteiger partial charge on any atom is 0.202 e. The summed E-state index contributed by atoms with van der Waals surface area (Å²) < 4.78 is 0. The summed E-state index contributed by atoms with van der Waals surface area (Å²) in [6, 6.07) is 9.94. The van der Waals surface area contributed by atoms with Crippen molar-refractivity contribution in [3.63, 3.8) is 0 Å². The van der Waals surface area contributed by atoms with Crippen molar-refractivity contribution in [2.24, 2.45) is 5.92 Å². The van der Waals surface area contributed by atoms with Crippen LogP contribution in [0.4, 0.5) is 5.69 Å². The number of β-lactam (4-membered cyclic amide) rings is 1. The maximum absolute atomic E-state index is 11.4. The van der Waals surface area contributed by atoms with Crippen LogP contribution in [0.15, 0.2) is 30.3 Å². The van der Waals surface area contributed by atoms with Gasteiger partial charge in [-0.15, -0.1) is 0 Å². The number of anilines is 1. The van der Waals surface area contributed by atoms with Gasteiger partial charge in [-0.1, -0.05) is 24.1 Å². The summed E-state index contributed by atoms with van der Waals surface area (Å²) in [6.07, 6.45) is 0. The van der Waals surface area contributed by atoms with Gasteiger partial charge in [0.15, 0.2) is 0 Å². The molecule has 1 amide bonds. The molecular weight excluding hydrogens is 275 g/mol. The minimum Gasteiger partial charge on any atom is -0.346 e. The molecule has 0 aliphatic carbocycles. The molecule has 3 heteroatoms. The first-order chi connectivity index (χ1) is 7.22. The standard InChI is InChI=1S/C11H12NO.C2H5.Y/c1-8-9(2)12(11(8)13)10-6-4-3-5-7-10;1-2;/h3-9H,1H2,2H3;1H2,2H3;/q2*-1;/t8-,9-;;/m1../s1. The average Bonchev–Trinajstić information content (AvgIpc) is 2.33. The van der Waals surface area contributed by atoms with E-state index in [0.29, 0.717) is 0 Å². The van der Waals surface area contributed by atoms with E-state index in [1.807, 2.05) is 37.3 Å². The summed E-state index contributed by atoms with van der Waals surface area (Å²) in [4.78, 5) is 13.2. The second-order valence-electron chi connectivity index (χ2n) is 3.39. The van der Waals surface area contributed by atoms with Crippen molar-refractivity contribution in [2.45, 2.75) is 19.9 Å². The topological polar surface area (TPSA) is 20.3 Å². The molecule has 16 heavy (non-hydrogen) atoms. The second-order valence-corrected chi connectivity index (χ2v) is 3.39. The molecule has 1 radical (unpaired) electrons. The SMILES string of the molecule is [CH2-]C.[CH2-][C@H]1C(=O)N(c2ccccc2)[C@@H]1C.[Y]. The number of hydrogen-bond donors (Lipinski definition) is 0. The summed E-state index contributed by atoms with van der Waals surface area (Å²) in [5.74, 6) is 0.0545. The van der Waals surface area contributed by atoms with Crippen molar-refractivity contribution in [3.05, 3.63) is 44.2 Å². The third-order valence-electron chi connectivity index (χ3n) is 2.58. The molecule has 0 spiro atoms. The molecule has 0 aromatic heterocycles. The molecule has 1 fully saturated rings. The minimum absolute atomic E-state index is 0. The Morgan fingerprint density at radius 1 is 1.19 bits per heavy atom. The molecule has 1 aromatic rings. The van der Waals surface area contributed by atoms with Crippen LogP contribution < -0.4 is 4.90 Å². The molecule has 1 aliphatic rings. The van der Waals surface area contributed by atoms with E-state index in [9.17, 15) is 4.79 Å². The van der Waals surface area contributed by atoms with E-state index in [2.05, 4.69) is 13.8 Å². The Kier molecular flexibility index (Phi) is 7.09. The van der Waals surface area contributed by atoms with Gasteiger partial charge in [0.1, 0.15) is 0 Å². The van der Waals surface area contributed by atoms with Gasteiger partial charge in [0.2, 0.25) is 5.91 Å². The number of rotatable bonds is 1. The summed E-state index contributed by atoms with van der Waals surface area (Å²) in [5.41, 5.74) is 0.972. The van der Waals surface area contributed by atoms with E-state index in [4.69, 9.17) is 0 Å². The fourth-order valence-corrected chi connectivity index (χ4v) is 1.63. The van der Waals surface area contributed by atoms with Crippen LogP contribution in [0.3, 0.4) is 0 Å². The number of amides is 1. The van der Waals surface area contributed by atoms with Crippen LogP contribution in [-0.2, 0) is 37.5 Å². The van der Waals surface area contributed by atoms with Gasteiger partial charge >= 0.3 is 0 Å². The van der Waals surface area contributed by atoms with E-state index in [1.54, 1.807) is 11.8 Å². The van der Waals surface area contributed by atoms with E-state index >= 15 is 0 Å². The second kappa shape index (κ2) is 7.18. The Bertz CT molecular complexity index is 326. The fourth-order valence-electron chi connectivity index (χ4n) is 1.63. The van der Waals surface area contributed by atoms with Crippen LogP contribution >= 0.6 is 0 Å². The van der Waals surface area contributed by atoms with Gasteiger partial charge in [-0.05, 0) is 19.1 Å². The Balaban J connectivity index is 0.000000711. The molecule has 1 saturated heterocycles. The number of benzene rings is 1. The largest absolute Gasteiger partial charge is 0.346 e. The Morgan fingerprint density at radius 2 is 1.69 bits per heavy atom. The van der Waals surface area contributed by atoms with Crippen LogP contribution in [0, 0.1) is 19.8 Å². The van der Waals surface area contributed by atoms with Gasteiger partial charge in [-0.3, -0.25) is 4.79 Å². The maximum atomic E-state index is 11.4. The van der Waals surface area contributed by atoms with Crippen molar-refractivity contribution in [1.82, 2.24) is 0 Å². The molecule has 0 N–H and O–H groups in total. The van der Waals surface area contributed by atoms with Gasteiger partial charge in [-0.25, -0.2) is 0 Å². The van der Waals surface area contributed by atoms with Crippen LogP contribution in [0.1, 0.15) is 13.8 Å². The molecule has 85 valence electrons. The Hall–Kier alpha value is -0.206. The normalized spacial score (nSPS) is 22.5. The predicted octanol–water partition coefficient (Wildman–Crippen LogP) is 2.71. The third-order valence-corrected chi connectivity index (χ3v) is 2.58. The summed E-state index contributed by atoms with van der Waals surface area (Å²) in [6.45, 7) is 10.8. The number of carbonyl (C=O) groups excluding carboxylic acids is 1. The summed E-state index contributed by atoms with van der Waals surface area (Å²) in [5, 5.41) is 0. The van der Waals surface area contributed by atoms with Crippen molar-refractivity contribution in [2.75, 3.05) is 4.90 Å². The number of para-hydroxylation sites is 1. The molecule has 1 aromatic carbocycles. The zero-order chi connectivity index (χ0) is 11.4. The van der Waals surface area contributed by atoms with Crippen LogP contribution in [0.5, 0.6) is 0 Å². The quantitative estimate of drug-likeness (QED) is 0.575. The van der Waals surface area contributed by atoms with E-state index in [1.165, 1.54) is 0 Å². The van der Waals surface area contributed by atoms with Crippen molar-refractivity contribution < 1.29 is 37.5 Å². The van der Waals surface area contributed by atoms with E-state index < -0.39 is 0 Å². The Labute approximate surface area is 123 Å². The Morgan fingerprint density at radius 3 is 2.12 bits per heavy atom. The number of carbonyl (C=O) groups is 1. The number of hydrogen-bond acceptors (Lipinski definition) is 1. The summed E-state index contributed by atoms with van der Waals surface area (Å²) >= 11 is 0. The van der Waals surface area contributed by atoms with E-state index in [0.717, 1.165) is 5.69 Å². The third kappa shape index (κ3) is 2.92. The van der Waals surface area contributed by atoms with Gasteiger partial charge in [0, 0.05) is 44.4 Å². The van der Waals surface area contributed by atoms with E-state index in [-0.39, 0.29) is 50.6 Å². The first-order valence-corrected chi connectivity index (χ1v) is 5.13. The molecule has 0 saturated carbocycles. The zero-order valence-corrected chi connectivity index (χ0v) is 12.7. The van der Waals surface area contributed by atoms with Crippen LogP contribution in [-0.4, -0.2) is 11.9 Å². The van der Waals surface area contributed by atoms with Gasteiger partial charge in [0.25, 0.3) is 0 Å². The minimum atomic E-state index is -0.0693. The monoisotopic (exact) mass is 292 g/mol. The van der Waals surface area contributed by atoms with Crippen LogP contribution in [0.2, 0.25) is 0 Å². The van der Waals surface area contributed by atoms with Gasteiger partial charge in [-0.2, -0.15) is 6.92 Å². The van der Waals surface area contributed by atoms with Crippen LogP contribution in [0.25, 0.3) is 0 Å². The number of nitrogens with zero attached hydrogens (tertiary/aromatic N) is 1.